The van der Waals surface area contributed by atoms with Crippen molar-refractivity contribution in [2.24, 2.45) is 0 Å². The maximum absolute atomic E-state index is 13.8. The Balaban J connectivity index is 1.42. The number of aromatic amines is 1. The number of hydrogen-bond donors (Lipinski definition) is 3. The van der Waals surface area contributed by atoms with Gasteiger partial charge in [0, 0.05) is 43.2 Å². The van der Waals surface area contributed by atoms with Gasteiger partial charge in [-0.15, -0.1) is 5.10 Å². The van der Waals surface area contributed by atoms with Gasteiger partial charge in [0.05, 0.1) is 11.1 Å². The van der Waals surface area contributed by atoms with Gasteiger partial charge in [0.25, 0.3) is 29.9 Å². The van der Waals surface area contributed by atoms with Gasteiger partial charge in [0.15, 0.2) is 0 Å². The number of pyridine rings is 1. The van der Waals surface area contributed by atoms with Crippen molar-refractivity contribution in [3.63, 3.8) is 0 Å². The van der Waals surface area contributed by atoms with Gasteiger partial charge in [-0.25, -0.2) is 17.6 Å². The minimum atomic E-state index is -3.04. The number of H-pyrrole nitrogens is 1. The number of alkyl halides is 4. The van der Waals surface area contributed by atoms with Crippen LogP contribution in [0, 0.1) is 6.92 Å². The number of rotatable bonds is 7. The Bertz CT molecular complexity index is 1390. The third-order valence-electron chi connectivity index (χ3n) is 6.70. The maximum atomic E-state index is 13.8. The molecule has 3 aromatic heterocycles. The van der Waals surface area contributed by atoms with Gasteiger partial charge in [0.1, 0.15) is 17.1 Å². The largest absolute Gasteiger partial charge is 0.340 e. The fraction of sp³-hybridized carbons (Fsp3) is 0.391. The van der Waals surface area contributed by atoms with E-state index in [1.807, 2.05) is 0 Å². The molecule has 0 unspecified atom stereocenters. The fourth-order valence-electron chi connectivity index (χ4n) is 5.14. The molecule has 3 aromatic rings. The second-order valence-electron chi connectivity index (χ2n) is 9.21. The van der Waals surface area contributed by atoms with Crippen molar-refractivity contribution in [1.82, 2.24) is 30.3 Å². The molecule has 14 heteroatoms. The smallest absolute Gasteiger partial charge is 0.293 e. The predicted octanol–water partition coefficient (Wildman–Crippen LogP) is 3.07. The monoisotopic (exact) mass is 519 g/mol. The van der Waals surface area contributed by atoms with Crippen molar-refractivity contribution in [2.75, 3.05) is 5.32 Å². The van der Waals surface area contributed by atoms with E-state index in [0.717, 1.165) is 12.3 Å². The quantitative estimate of drug-likeness (QED) is 0.250. The summed E-state index contributed by atoms with van der Waals surface area (Å²) in [5.74, 6) is -5.76. The SMILES string of the molecule is Cc1c(C(=O)C(=O)NC2(c3c[nH]nn3)CC(F)(F)C2)c2n(c1C(=O)Nc1ccnc(C(F)F)c1)CCC2. The number of carbonyl (C=O) groups is 3. The number of halogens is 4. The Kier molecular flexibility index (Phi) is 5.83. The van der Waals surface area contributed by atoms with Crippen LogP contribution in [0.5, 0.6) is 0 Å². The van der Waals surface area contributed by atoms with Crippen molar-refractivity contribution in [2.45, 2.75) is 57.0 Å². The minimum absolute atomic E-state index is 0.0181. The van der Waals surface area contributed by atoms with Gasteiger partial charge >= 0.3 is 0 Å². The van der Waals surface area contributed by atoms with Gasteiger partial charge in [0.2, 0.25) is 0 Å². The van der Waals surface area contributed by atoms with Gasteiger partial charge in [-0.3, -0.25) is 24.5 Å². The van der Waals surface area contributed by atoms with E-state index >= 15 is 0 Å². The molecule has 0 saturated heterocycles. The van der Waals surface area contributed by atoms with E-state index in [1.165, 1.54) is 19.2 Å². The van der Waals surface area contributed by atoms with Crippen LogP contribution in [0.1, 0.15) is 69.2 Å². The molecule has 1 saturated carbocycles. The van der Waals surface area contributed by atoms with E-state index in [9.17, 15) is 31.9 Å². The number of aromatic nitrogens is 5. The van der Waals surface area contributed by atoms with E-state index < -0.39 is 54.0 Å². The lowest BCUT2D eigenvalue weighted by atomic mass is 9.71. The van der Waals surface area contributed by atoms with Crippen molar-refractivity contribution in [3.8, 4) is 0 Å². The lowest BCUT2D eigenvalue weighted by Crippen LogP contribution is -2.61. The van der Waals surface area contributed by atoms with Crippen LogP contribution in [-0.4, -0.2) is 48.5 Å². The minimum Gasteiger partial charge on any atom is -0.340 e. The Hall–Kier alpha value is -4.10. The first-order valence-electron chi connectivity index (χ1n) is 11.4. The predicted molar refractivity (Wildman–Crippen MR) is 119 cm³/mol. The molecule has 5 rings (SSSR count). The zero-order chi connectivity index (χ0) is 26.5. The summed E-state index contributed by atoms with van der Waals surface area (Å²) in [4.78, 5) is 43.0. The van der Waals surface area contributed by atoms with Crippen molar-refractivity contribution < 1.29 is 31.9 Å². The molecule has 10 nitrogen and oxygen atoms in total. The van der Waals surface area contributed by atoms with Crippen LogP contribution in [0.3, 0.4) is 0 Å². The molecule has 194 valence electrons. The molecule has 0 aromatic carbocycles. The van der Waals surface area contributed by atoms with Crippen LogP contribution >= 0.6 is 0 Å². The molecule has 0 spiro atoms. The lowest BCUT2D eigenvalue weighted by Gasteiger charge is -2.46. The second kappa shape index (κ2) is 8.78. The average Bonchev–Trinajstić information content (AvgIpc) is 3.55. The molecular formula is C23H21F4N7O3. The molecule has 0 bridgehead atoms. The number of Topliss-reactive ketones (excluding diaryl/α,β-unsaturated/α-hetero) is 1. The van der Waals surface area contributed by atoms with Gasteiger partial charge in [-0.1, -0.05) is 5.21 Å². The summed E-state index contributed by atoms with van der Waals surface area (Å²) in [6.45, 7) is 1.91. The first kappa shape index (κ1) is 24.6. The molecule has 2 aliphatic rings. The molecule has 4 heterocycles. The first-order chi connectivity index (χ1) is 17.5. The highest BCUT2D eigenvalue weighted by molar-refractivity contribution is 6.44. The average molecular weight is 519 g/mol. The summed E-state index contributed by atoms with van der Waals surface area (Å²) < 4.78 is 55.2. The highest BCUT2D eigenvalue weighted by Gasteiger charge is 2.60. The molecule has 0 radical (unpaired) electrons. The first-order valence-corrected chi connectivity index (χ1v) is 11.4. The fourth-order valence-corrected chi connectivity index (χ4v) is 5.14. The van der Waals surface area contributed by atoms with Gasteiger partial charge < -0.3 is 15.2 Å². The molecule has 3 N–H and O–H groups in total. The summed E-state index contributed by atoms with van der Waals surface area (Å²) in [6, 6.07) is 2.40. The van der Waals surface area contributed by atoms with E-state index in [2.05, 4.69) is 31.0 Å². The third kappa shape index (κ3) is 4.25. The summed E-state index contributed by atoms with van der Waals surface area (Å²) in [6.07, 6.45) is -0.854. The van der Waals surface area contributed by atoms with Crippen LogP contribution in [0.2, 0.25) is 0 Å². The van der Waals surface area contributed by atoms with E-state index in [4.69, 9.17) is 0 Å². The van der Waals surface area contributed by atoms with Crippen LogP contribution < -0.4 is 10.6 Å². The molecule has 0 atom stereocenters. The number of nitrogens with zero attached hydrogens (tertiary/aromatic N) is 4. The Morgan fingerprint density at radius 2 is 1.97 bits per heavy atom. The Morgan fingerprint density at radius 3 is 2.62 bits per heavy atom. The number of fused-ring (bicyclic) bond motifs is 1. The topological polar surface area (TPSA) is 135 Å². The number of amides is 2. The van der Waals surface area contributed by atoms with Crippen LogP contribution in [0.4, 0.5) is 23.2 Å². The number of anilines is 1. The van der Waals surface area contributed by atoms with Crippen LogP contribution in [0.15, 0.2) is 24.5 Å². The van der Waals surface area contributed by atoms with E-state index in [0.29, 0.717) is 25.1 Å². The molecule has 1 fully saturated rings. The molecule has 1 aliphatic heterocycles. The maximum Gasteiger partial charge on any atom is 0.293 e. The number of nitrogens with one attached hydrogen (secondary N) is 3. The molecule has 37 heavy (non-hydrogen) atoms. The summed E-state index contributed by atoms with van der Waals surface area (Å²) >= 11 is 0. The Morgan fingerprint density at radius 1 is 1.22 bits per heavy atom. The zero-order valence-corrected chi connectivity index (χ0v) is 19.4. The third-order valence-corrected chi connectivity index (χ3v) is 6.70. The molecule has 2 amide bonds. The molecular weight excluding hydrogens is 498 g/mol. The standard InChI is InChI=1S/C23H21F4N7O3/c1-11-16(18(35)21(37)31-22(9-23(26,27)10-22)15-8-29-33-32-15)14-3-2-6-34(14)17(11)20(36)30-12-4-5-28-13(7-12)19(24)25/h4-5,7-8,19H,2-3,6,9-10H2,1H3,(H,31,37)(H,28,30,36)(H,29,32,33). The van der Waals surface area contributed by atoms with Crippen molar-refractivity contribution in [1.29, 1.82) is 0 Å². The van der Waals surface area contributed by atoms with Crippen molar-refractivity contribution >= 4 is 23.3 Å². The highest BCUT2D eigenvalue weighted by atomic mass is 19.3. The van der Waals surface area contributed by atoms with Crippen molar-refractivity contribution in [3.05, 3.63) is 58.4 Å². The lowest BCUT2D eigenvalue weighted by molar-refractivity contribution is -0.148. The number of ketones is 1. The summed E-state index contributed by atoms with van der Waals surface area (Å²) in [7, 11) is 0. The normalized spacial score (nSPS) is 17.2. The summed E-state index contributed by atoms with van der Waals surface area (Å²) in [5, 5.41) is 14.6. The zero-order valence-electron chi connectivity index (χ0n) is 19.4. The van der Waals surface area contributed by atoms with E-state index in [1.54, 1.807) is 4.57 Å². The summed E-state index contributed by atoms with van der Waals surface area (Å²) in [5.41, 5.74) is -1.06. The van der Waals surface area contributed by atoms with Gasteiger partial charge in [-0.2, -0.15) is 0 Å². The van der Waals surface area contributed by atoms with Gasteiger partial charge in [-0.05, 0) is 37.5 Å². The highest BCUT2D eigenvalue weighted by Crippen LogP contribution is 2.51. The number of carbonyl (C=O) groups excluding carboxylic acids is 3. The second-order valence-corrected chi connectivity index (χ2v) is 9.21. The van der Waals surface area contributed by atoms with Crippen LogP contribution in [0.25, 0.3) is 0 Å². The number of hydrogen-bond acceptors (Lipinski definition) is 6. The van der Waals surface area contributed by atoms with Crippen LogP contribution in [-0.2, 0) is 23.3 Å². The van der Waals surface area contributed by atoms with E-state index in [-0.39, 0.29) is 28.2 Å². The molecule has 1 aliphatic carbocycles. The Labute approximate surface area is 206 Å².